The molecule has 1 rings (SSSR count). The Labute approximate surface area is 87.4 Å². The van der Waals surface area contributed by atoms with Crippen molar-refractivity contribution in [2.45, 2.75) is 0 Å². The highest BCUT2D eigenvalue weighted by atomic mass is 16.5. The lowest BCUT2D eigenvalue weighted by atomic mass is 10.2. The first-order chi connectivity index (χ1) is 7.07. The number of benzene rings is 1. The number of primary amides is 1. The number of likely N-dealkylation sites (N-methyl/N-ethyl adjacent to an activating group) is 1. The number of para-hydroxylation sites is 2. The number of carbonyl (C=O) groups is 2. The number of rotatable bonds is 2. The Hall–Kier alpha value is -2.04. The summed E-state index contributed by atoms with van der Waals surface area (Å²) in [6.45, 7) is 0. The molecule has 0 unspecified atom stereocenters. The van der Waals surface area contributed by atoms with Crippen LogP contribution in [0, 0.1) is 0 Å². The van der Waals surface area contributed by atoms with Crippen LogP contribution in [-0.4, -0.2) is 26.0 Å². The van der Waals surface area contributed by atoms with Gasteiger partial charge >= 0.3 is 11.8 Å². The first kappa shape index (κ1) is 11.0. The van der Waals surface area contributed by atoms with E-state index >= 15 is 0 Å². The van der Waals surface area contributed by atoms with Crippen molar-refractivity contribution in [3.05, 3.63) is 24.3 Å². The lowest BCUT2D eigenvalue weighted by Gasteiger charge is -2.17. The van der Waals surface area contributed by atoms with Crippen LogP contribution >= 0.6 is 0 Å². The van der Waals surface area contributed by atoms with Crippen LogP contribution in [0.2, 0.25) is 0 Å². The fraction of sp³-hybridized carbons (Fsp3) is 0.200. The monoisotopic (exact) mass is 208 g/mol. The summed E-state index contributed by atoms with van der Waals surface area (Å²) in [6.07, 6.45) is 0. The summed E-state index contributed by atoms with van der Waals surface area (Å²) in [5.74, 6) is -1.27. The summed E-state index contributed by atoms with van der Waals surface area (Å²) < 4.78 is 5.05. The Morgan fingerprint density at radius 1 is 1.33 bits per heavy atom. The lowest BCUT2D eigenvalue weighted by molar-refractivity contribution is -0.135. The number of methoxy groups -OCH3 is 1. The Balaban J connectivity index is 3.05. The van der Waals surface area contributed by atoms with E-state index in [2.05, 4.69) is 0 Å². The maximum Gasteiger partial charge on any atom is 0.315 e. The number of ether oxygens (including phenoxy) is 1. The van der Waals surface area contributed by atoms with Gasteiger partial charge < -0.3 is 15.4 Å². The van der Waals surface area contributed by atoms with Crippen molar-refractivity contribution in [3.8, 4) is 5.75 Å². The standard InChI is InChI=1S/C10H12N2O3/c1-12(10(14)9(11)13)7-5-3-4-6-8(7)15-2/h3-6H,1-2H3,(H2,11,13). The van der Waals surface area contributed by atoms with E-state index < -0.39 is 11.8 Å². The zero-order valence-corrected chi connectivity index (χ0v) is 8.56. The zero-order valence-electron chi connectivity index (χ0n) is 8.56. The van der Waals surface area contributed by atoms with Crippen molar-refractivity contribution in [2.24, 2.45) is 5.73 Å². The molecule has 1 aromatic rings. The highest BCUT2D eigenvalue weighted by molar-refractivity contribution is 6.39. The van der Waals surface area contributed by atoms with Gasteiger partial charge in [0.05, 0.1) is 12.8 Å². The number of amides is 2. The molecule has 2 N–H and O–H groups in total. The van der Waals surface area contributed by atoms with Gasteiger partial charge in [0.15, 0.2) is 0 Å². The van der Waals surface area contributed by atoms with Crippen LogP contribution in [0.5, 0.6) is 5.75 Å². The normalized spacial score (nSPS) is 9.47. The van der Waals surface area contributed by atoms with Crippen molar-refractivity contribution in [1.82, 2.24) is 0 Å². The molecule has 0 aliphatic heterocycles. The van der Waals surface area contributed by atoms with Gasteiger partial charge in [0.1, 0.15) is 5.75 Å². The van der Waals surface area contributed by atoms with E-state index in [-0.39, 0.29) is 0 Å². The second-order valence-electron chi connectivity index (χ2n) is 2.90. The minimum atomic E-state index is -0.997. The van der Waals surface area contributed by atoms with Crippen LogP contribution < -0.4 is 15.4 Å². The Morgan fingerprint density at radius 3 is 2.47 bits per heavy atom. The van der Waals surface area contributed by atoms with Gasteiger partial charge in [-0.25, -0.2) is 0 Å². The molecule has 0 aliphatic carbocycles. The van der Waals surface area contributed by atoms with E-state index in [0.717, 1.165) is 4.90 Å². The van der Waals surface area contributed by atoms with Gasteiger partial charge in [0.2, 0.25) is 0 Å². The maximum atomic E-state index is 11.3. The van der Waals surface area contributed by atoms with Gasteiger partial charge in [-0.05, 0) is 12.1 Å². The third-order valence-corrected chi connectivity index (χ3v) is 1.96. The van der Waals surface area contributed by atoms with E-state index in [1.54, 1.807) is 24.3 Å². The molecule has 15 heavy (non-hydrogen) atoms. The summed E-state index contributed by atoms with van der Waals surface area (Å²) in [7, 11) is 2.95. The van der Waals surface area contributed by atoms with Crippen LogP contribution in [0.3, 0.4) is 0 Å². The number of anilines is 1. The summed E-state index contributed by atoms with van der Waals surface area (Å²) in [4.78, 5) is 23.2. The van der Waals surface area contributed by atoms with Crippen LogP contribution in [0.25, 0.3) is 0 Å². The average Bonchev–Trinajstić information content (AvgIpc) is 2.26. The molecule has 0 fully saturated rings. The Morgan fingerprint density at radius 2 is 1.93 bits per heavy atom. The van der Waals surface area contributed by atoms with Crippen molar-refractivity contribution < 1.29 is 14.3 Å². The molecule has 0 spiro atoms. The molecular weight excluding hydrogens is 196 g/mol. The van der Waals surface area contributed by atoms with Gasteiger partial charge in [-0.3, -0.25) is 9.59 Å². The highest BCUT2D eigenvalue weighted by Gasteiger charge is 2.18. The Bertz CT molecular complexity index is 390. The van der Waals surface area contributed by atoms with Gasteiger partial charge in [0, 0.05) is 7.05 Å². The fourth-order valence-electron chi connectivity index (χ4n) is 1.18. The number of nitrogens with zero attached hydrogens (tertiary/aromatic N) is 1. The number of hydrogen-bond donors (Lipinski definition) is 1. The topological polar surface area (TPSA) is 72.6 Å². The van der Waals surface area contributed by atoms with E-state index in [4.69, 9.17) is 10.5 Å². The third-order valence-electron chi connectivity index (χ3n) is 1.96. The molecule has 0 saturated heterocycles. The van der Waals surface area contributed by atoms with Gasteiger partial charge in [-0.2, -0.15) is 0 Å². The molecule has 0 aromatic heterocycles. The largest absolute Gasteiger partial charge is 0.495 e. The molecule has 0 bridgehead atoms. The van der Waals surface area contributed by atoms with Gasteiger partial charge in [-0.15, -0.1) is 0 Å². The minimum absolute atomic E-state index is 0.504. The SMILES string of the molecule is COc1ccccc1N(C)C(=O)C(N)=O. The molecule has 0 heterocycles. The van der Waals surface area contributed by atoms with Crippen LogP contribution in [0.4, 0.5) is 5.69 Å². The van der Waals surface area contributed by atoms with Crippen molar-refractivity contribution in [2.75, 3.05) is 19.1 Å². The summed E-state index contributed by atoms with van der Waals surface area (Å²) >= 11 is 0. The molecule has 0 radical (unpaired) electrons. The minimum Gasteiger partial charge on any atom is -0.495 e. The third kappa shape index (κ3) is 2.25. The molecule has 1 aromatic carbocycles. The number of carbonyl (C=O) groups excluding carboxylic acids is 2. The second-order valence-corrected chi connectivity index (χ2v) is 2.90. The quantitative estimate of drug-likeness (QED) is 0.703. The lowest BCUT2D eigenvalue weighted by Crippen LogP contribution is -2.37. The van der Waals surface area contributed by atoms with Crippen LogP contribution in [-0.2, 0) is 9.59 Å². The van der Waals surface area contributed by atoms with E-state index in [1.807, 2.05) is 0 Å². The van der Waals surface area contributed by atoms with Crippen molar-refractivity contribution in [1.29, 1.82) is 0 Å². The van der Waals surface area contributed by atoms with Gasteiger partial charge in [-0.1, -0.05) is 12.1 Å². The van der Waals surface area contributed by atoms with E-state index in [1.165, 1.54) is 14.2 Å². The second kappa shape index (κ2) is 4.45. The smallest absolute Gasteiger partial charge is 0.315 e. The first-order valence-corrected chi connectivity index (χ1v) is 4.28. The summed E-state index contributed by atoms with van der Waals surface area (Å²) in [5, 5.41) is 0. The predicted molar refractivity (Wildman–Crippen MR) is 55.6 cm³/mol. The van der Waals surface area contributed by atoms with Crippen LogP contribution in [0.1, 0.15) is 0 Å². The maximum absolute atomic E-state index is 11.3. The molecule has 0 aliphatic rings. The van der Waals surface area contributed by atoms with Crippen LogP contribution in [0.15, 0.2) is 24.3 Å². The first-order valence-electron chi connectivity index (χ1n) is 4.28. The average molecular weight is 208 g/mol. The van der Waals surface area contributed by atoms with Gasteiger partial charge in [0.25, 0.3) is 0 Å². The molecular formula is C10H12N2O3. The zero-order chi connectivity index (χ0) is 11.4. The summed E-state index contributed by atoms with van der Waals surface area (Å²) in [5.41, 5.74) is 5.40. The molecule has 5 nitrogen and oxygen atoms in total. The van der Waals surface area contributed by atoms with E-state index in [9.17, 15) is 9.59 Å². The molecule has 5 heteroatoms. The molecule has 0 atom stereocenters. The van der Waals surface area contributed by atoms with Crippen molar-refractivity contribution in [3.63, 3.8) is 0 Å². The molecule has 0 saturated carbocycles. The molecule has 80 valence electrons. The Kier molecular flexibility index (Phi) is 3.28. The molecule has 2 amide bonds. The van der Waals surface area contributed by atoms with Crippen molar-refractivity contribution >= 4 is 17.5 Å². The summed E-state index contributed by atoms with van der Waals surface area (Å²) in [6, 6.07) is 6.87. The van der Waals surface area contributed by atoms with E-state index in [0.29, 0.717) is 11.4 Å². The highest BCUT2D eigenvalue weighted by Crippen LogP contribution is 2.26. The number of hydrogen-bond acceptors (Lipinski definition) is 3. The number of nitrogens with two attached hydrogens (primary N) is 1. The fourth-order valence-corrected chi connectivity index (χ4v) is 1.18. The predicted octanol–water partition coefficient (Wildman–Crippen LogP) is 0.143.